The normalized spacial score (nSPS) is 40.4. The molecule has 0 aromatic rings. The van der Waals surface area contributed by atoms with Crippen LogP contribution < -0.4 is 5.32 Å². The van der Waals surface area contributed by atoms with Crippen molar-refractivity contribution in [1.29, 1.82) is 0 Å². The highest BCUT2D eigenvalue weighted by Gasteiger charge is 2.49. The Kier molecular flexibility index (Phi) is 3.00. The van der Waals surface area contributed by atoms with Gasteiger partial charge in [0.05, 0.1) is 12.2 Å². The van der Waals surface area contributed by atoms with Gasteiger partial charge in [0, 0.05) is 13.0 Å². The Balaban J connectivity index is 1.88. The molecule has 1 unspecified atom stereocenters. The zero-order valence-corrected chi connectivity index (χ0v) is 9.40. The van der Waals surface area contributed by atoms with Crippen molar-refractivity contribution in [3.63, 3.8) is 0 Å². The van der Waals surface area contributed by atoms with E-state index in [1.165, 1.54) is 0 Å². The summed E-state index contributed by atoms with van der Waals surface area (Å²) >= 11 is 0. The second-order valence-electron chi connectivity index (χ2n) is 4.58. The van der Waals surface area contributed by atoms with Crippen molar-refractivity contribution < 1.29 is 19.3 Å². The molecule has 2 rings (SSSR count). The van der Waals surface area contributed by atoms with Crippen molar-refractivity contribution in [1.82, 2.24) is 5.32 Å². The van der Waals surface area contributed by atoms with Gasteiger partial charge < -0.3 is 24.6 Å². The van der Waals surface area contributed by atoms with Gasteiger partial charge in [-0.3, -0.25) is 0 Å². The molecule has 2 aliphatic rings. The zero-order chi connectivity index (χ0) is 11.1. The third kappa shape index (κ3) is 2.32. The predicted molar refractivity (Wildman–Crippen MR) is 53.2 cm³/mol. The minimum Gasteiger partial charge on any atom is -0.389 e. The van der Waals surface area contributed by atoms with E-state index in [0.717, 1.165) is 0 Å². The van der Waals surface area contributed by atoms with Gasteiger partial charge in [-0.05, 0) is 20.9 Å². The maximum Gasteiger partial charge on any atom is 0.187 e. The fourth-order valence-corrected chi connectivity index (χ4v) is 2.12. The molecular formula is C10H19NO4. The number of likely N-dealkylation sites (N-methyl/N-ethyl adjacent to an activating group) is 1. The molecule has 5 nitrogen and oxygen atoms in total. The summed E-state index contributed by atoms with van der Waals surface area (Å²) in [6.45, 7) is 4.26. The molecule has 2 heterocycles. The quantitative estimate of drug-likeness (QED) is 0.687. The van der Waals surface area contributed by atoms with Gasteiger partial charge in [-0.25, -0.2) is 0 Å². The topological polar surface area (TPSA) is 60.0 Å². The fourth-order valence-electron chi connectivity index (χ4n) is 2.12. The second kappa shape index (κ2) is 3.99. The lowest BCUT2D eigenvalue weighted by molar-refractivity contribution is -0.213. The van der Waals surface area contributed by atoms with E-state index >= 15 is 0 Å². The van der Waals surface area contributed by atoms with Gasteiger partial charge in [0.15, 0.2) is 12.1 Å². The van der Waals surface area contributed by atoms with E-state index in [0.29, 0.717) is 13.0 Å². The molecule has 2 N–H and O–H groups in total. The maximum atomic E-state index is 9.74. The number of hydrogen-bond acceptors (Lipinski definition) is 5. The molecule has 2 aliphatic heterocycles. The number of aliphatic hydroxyl groups excluding tert-OH is 1. The van der Waals surface area contributed by atoms with E-state index in [2.05, 4.69) is 5.32 Å². The Morgan fingerprint density at radius 2 is 2.20 bits per heavy atom. The highest BCUT2D eigenvalue weighted by Crippen LogP contribution is 2.37. The van der Waals surface area contributed by atoms with E-state index in [-0.39, 0.29) is 18.5 Å². The highest BCUT2D eigenvalue weighted by atomic mass is 16.8. The number of fused-ring (bicyclic) bond motifs is 1. The molecule has 15 heavy (non-hydrogen) atoms. The van der Waals surface area contributed by atoms with E-state index < -0.39 is 11.9 Å². The van der Waals surface area contributed by atoms with Crippen LogP contribution in [-0.4, -0.2) is 49.1 Å². The first-order chi connectivity index (χ1) is 7.02. The first-order valence-electron chi connectivity index (χ1n) is 5.35. The van der Waals surface area contributed by atoms with Crippen LogP contribution in [0.1, 0.15) is 20.3 Å². The summed E-state index contributed by atoms with van der Waals surface area (Å²) in [5.41, 5.74) is 0. The van der Waals surface area contributed by atoms with E-state index in [9.17, 15) is 5.11 Å². The van der Waals surface area contributed by atoms with Crippen LogP contribution in [-0.2, 0) is 14.2 Å². The minimum atomic E-state index is -0.561. The fraction of sp³-hybridized carbons (Fsp3) is 1.00. The third-order valence-electron chi connectivity index (χ3n) is 2.75. The number of ether oxygens (including phenoxy) is 3. The first-order valence-corrected chi connectivity index (χ1v) is 5.35. The molecule has 88 valence electrons. The van der Waals surface area contributed by atoms with Gasteiger partial charge in [0.25, 0.3) is 0 Å². The molecule has 0 aromatic heterocycles. The van der Waals surface area contributed by atoms with Crippen molar-refractivity contribution in [3.8, 4) is 0 Å². The molecule has 5 heteroatoms. The second-order valence-corrected chi connectivity index (χ2v) is 4.58. The molecule has 2 saturated heterocycles. The average Bonchev–Trinajstić information content (AvgIpc) is 2.57. The summed E-state index contributed by atoms with van der Waals surface area (Å²) < 4.78 is 16.8. The minimum absolute atomic E-state index is 0.0449. The molecule has 0 aromatic carbocycles. The third-order valence-corrected chi connectivity index (χ3v) is 2.75. The number of nitrogens with one attached hydrogen (secondary N) is 1. The van der Waals surface area contributed by atoms with Crippen molar-refractivity contribution >= 4 is 0 Å². The Morgan fingerprint density at radius 1 is 1.47 bits per heavy atom. The SMILES string of the molecule is CNCC(O)[C@@H]1C[C@H]2OC(C)(C)O[C@H]2O1. The first kappa shape index (κ1) is 11.3. The van der Waals surface area contributed by atoms with E-state index in [1.54, 1.807) is 7.05 Å². The zero-order valence-electron chi connectivity index (χ0n) is 9.40. The van der Waals surface area contributed by atoms with Crippen molar-refractivity contribution in [2.45, 2.75) is 50.7 Å². The van der Waals surface area contributed by atoms with Gasteiger partial charge >= 0.3 is 0 Å². The van der Waals surface area contributed by atoms with E-state index in [4.69, 9.17) is 14.2 Å². The summed E-state index contributed by atoms with van der Waals surface area (Å²) in [5, 5.41) is 12.7. The Bertz CT molecular complexity index is 217. The number of aliphatic hydroxyl groups is 1. The van der Waals surface area contributed by atoms with Crippen LogP contribution in [0.15, 0.2) is 0 Å². The van der Waals surface area contributed by atoms with Crippen molar-refractivity contribution in [3.05, 3.63) is 0 Å². The molecule has 0 radical (unpaired) electrons. The summed E-state index contributed by atoms with van der Waals surface area (Å²) in [5.74, 6) is -0.561. The van der Waals surface area contributed by atoms with Gasteiger partial charge in [-0.15, -0.1) is 0 Å². The number of hydrogen-bond donors (Lipinski definition) is 2. The standard InChI is InChI=1S/C10H19NO4/c1-10(2)14-8-4-7(6(12)5-11-3)13-9(8)15-10/h6-9,11-12H,4-5H2,1-3H3/t6?,7-,8+,9+/m0/s1. The van der Waals surface area contributed by atoms with Crippen molar-refractivity contribution in [2.75, 3.05) is 13.6 Å². The maximum absolute atomic E-state index is 9.74. The van der Waals surface area contributed by atoms with Gasteiger partial charge in [-0.2, -0.15) is 0 Å². The van der Waals surface area contributed by atoms with Gasteiger partial charge in [0.2, 0.25) is 0 Å². The molecule has 0 bridgehead atoms. The lowest BCUT2D eigenvalue weighted by Crippen LogP contribution is -2.36. The summed E-state index contributed by atoms with van der Waals surface area (Å²) in [6, 6.07) is 0. The Labute approximate surface area is 89.7 Å². The number of rotatable bonds is 3. The van der Waals surface area contributed by atoms with Crippen LogP contribution in [0.25, 0.3) is 0 Å². The van der Waals surface area contributed by atoms with Crippen LogP contribution >= 0.6 is 0 Å². The molecular weight excluding hydrogens is 198 g/mol. The summed E-state index contributed by atoms with van der Waals surface area (Å²) in [4.78, 5) is 0. The van der Waals surface area contributed by atoms with E-state index in [1.807, 2.05) is 13.8 Å². The largest absolute Gasteiger partial charge is 0.389 e. The Hall–Kier alpha value is -0.200. The van der Waals surface area contributed by atoms with Crippen LogP contribution in [0.5, 0.6) is 0 Å². The van der Waals surface area contributed by atoms with Crippen LogP contribution in [0.4, 0.5) is 0 Å². The highest BCUT2D eigenvalue weighted by molar-refractivity contribution is 4.88. The lowest BCUT2D eigenvalue weighted by Gasteiger charge is -2.22. The molecule has 2 fully saturated rings. The lowest BCUT2D eigenvalue weighted by atomic mass is 10.1. The predicted octanol–water partition coefficient (Wildman–Crippen LogP) is -0.167. The average molecular weight is 217 g/mol. The molecule has 0 amide bonds. The van der Waals surface area contributed by atoms with Gasteiger partial charge in [-0.1, -0.05) is 0 Å². The van der Waals surface area contributed by atoms with Gasteiger partial charge in [0.1, 0.15) is 6.10 Å². The summed E-state index contributed by atoms with van der Waals surface area (Å²) in [7, 11) is 1.80. The van der Waals surface area contributed by atoms with Crippen molar-refractivity contribution in [2.24, 2.45) is 0 Å². The monoisotopic (exact) mass is 217 g/mol. The van der Waals surface area contributed by atoms with Crippen LogP contribution in [0.3, 0.4) is 0 Å². The summed E-state index contributed by atoms with van der Waals surface area (Å²) in [6.07, 6.45) is -0.371. The molecule has 0 aliphatic carbocycles. The van der Waals surface area contributed by atoms with Crippen LogP contribution in [0.2, 0.25) is 0 Å². The molecule has 0 spiro atoms. The Morgan fingerprint density at radius 3 is 2.80 bits per heavy atom. The smallest absolute Gasteiger partial charge is 0.187 e. The molecule has 0 saturated carbocycles. The molecule has 4 atom stereocenters. The van der Waals surface area contributed by atoms with Crippen LogP contribution in [0, 0.1) is 0 Å².